The fourth-order valence-electron chi connectivity index (χ4n) is 0.362. The first-order chi connectivity index (χ1) is 3.81. The molecule has 0 heterocycles. The largest absolute Gasteiger partial charge is 0.126 e. The van der Waals surface area contributed by atoms with Crippen LogP contribution in [0.4, 0.5) is 0 Å². The molecule has 0 bridgehead atoms. The minimum atomic E-state index is 0.480. The van der Waals surface area contributed by atoms with E-state index in [9.17, 15) is 0 Å². The number of alkyl halides is 2. The summed E-state index contributed by atoms with van der Waals surface area (Å²) in [6.07, 6.45) is 3.04. The van der Waals surface area contributed by atoms with Gasteiger partial charge in [-0.1, -0.05) is 15.9 Å². The Balaban J connectivity index is 2.86. The molecule has 0 nitrogen and oxygen atoms in total. The van der Waals surface area contributed by atoms with Crippen molar-refractivity contribution in [1.82, 2.24) is 0 Å². The molecule has 8 heavy (non-hydrogen) atoms. The summed E-state index contributed by atoms with van der Waals surface area (Å²) in [6.45, 7) is 3.86. The average molecular weight is 198 g/mol. The van der Waals surface area contributed by atoms with Crippen molar-refractivity contribution in [3.8, 4) is 0 Å². The van der Waals surface area contributed by atoms with Crippen LogP contribution in [-0.4, -0.2) is 11.2 Å². The Morgan fingerprint density at radius 2 is 2.38 bits per heavy atom. The van der Waals surface area contributed by atoms with Gasteiger partial charge in [-0.15, -0.1) is 11.6 Å². The Hall–Kier alpha value is 0.770. The highest BCUT2D eigenvalue weighted by atomic mass is 79.9. The van der Waals surface area contributed by atoms with Crippen LogP contribution in [0.1, 0.15) is 6.42 Å². The van der Waals surface area contributed by atoms with Crippen molar-refractivity contribution >= 4 is 27.5 Å². The molecule has 0 aliphatic rings. The van der Waals surface area contributed by atoms with Gasteiger partial charge in [0.05, 0.1) is 0 Å². The molecular formula is C6H10BrCl. The van der Waals surface area contributed by atoms with Crippen molar-refractivity contribution in [3.05, 3.63) is 13.3 Å². The van der Waals surface area contributed by atoms with Gasteiger partial charge in [-0.25, -0.2) is 0 Å². The van der Waals surface area contributed by atoms with Gasteiger partial charge < -0.3 is 0 Å². The molecule has 0 N–H and O–H groups in total. The molecule has 1 unspecified atom stereocenters. The Labute approximate surface area is 64.7 Å². The predicted molar refractivity (Wildman–Crippen MR) is 42.3 cm³/mol. The van der Waals surface area contributed by atoms with E-state index in [1.807, 2.05) is 6.42 Å². The van der Waals surface area contributed by atoms with Crippen molar-refractivity contribution in [2.45, 2.75) is 6.42 Å². The Kier molecular flexibility index (Phi) is 6.47. The van der Waals surface area contributed by atoms with Gasteiger partial charge >= 0.3 is 0 Å². The van der Waals surface area contributed by atoms with Gasteiger partial charge in [0.15, 0.2) is 0 Å². The average Bonchev–Trinajstić information content (AvgIpc) is 1.83. The highest BCUT2D eigenvalue weighted by molar-refractivity contribution is 9.09. The molecule has 0 amide bonds. The molecule has 2 heteroatoms. The van der Waals surface area contributed by atoms with Gasteiger partial charge in [0, 0.05) is 11.2 Å². The van der Waals surface area contributed by atoms with Crippen molar-refractivity contribution in [2.24, 2.45) is 5.92 Å². The molecule has 0 saturated carbocycles. The van der Waals surface area contributed by atoms with Crippen molar-refractivity contribution in [1.29, 1.82) is 0 Å². The third-order valence-corrected chi connectivity index (χ3v) is 1.96. The fourth-order valence-corrected chi connectivity index (χ4v) is 0.752. The second-order valence-corrected chi connectivity index (χ2v) is 2.66. The van der Waals surface area contributed by atoms with Crippen LogP contribution in [0.3, 0.4) is 0 Å². The summed E-state index contributed by atoms with van der Waals surface area (Å²) in [4.78, 5) is 0. The summed E-state index contributed by atoms with van der Waals surface area (Å²) < 4.78 is 0. The monoisotopic (exact) mass is 196 g/mol. The smallest absolute Gasteiger partial charge is 0.0254 e. The van der Waals surface area contributed by atoms with Crippen LogP contribution in [0, 0.1) is 19.3 Å². The lowest BCUT2D eigenvalue weighted by molar-refractivity contribution is 0.726. The standard InChI is InChI=1S/C6H10BrCl/c1-6(5-7)3-2-4-8/h2,6H,1,3-5H2. The SMILES string of the molecule is [CH2]C(CBr)C[CH]CCl. The van der Waals surface area contributed by atoms with E-state index < -0.39 is 0 Å². The lowest BCUT2D eigenvalue weighted by atomic mass is 10.1. The summed E-state index contributed by atoms with van der Waals surface area (Å²) in [6, 6.07) is 0. The third kappa shape index (κ3) is 4.92. The first-order valence-electron chi connectivity index (χ1n) is 2.58. The molecule has 1 atom stereocenters. The first-order valence-corrected chi connectivity index (χ1v) is 4.23. The molecule has 0 aromatic rings. The van der Waals surface area contributed by atoms with Crippen LogP contribution in [0.2, 0.25) is 0 Å². The molecule has 0 aliphatic carbocycles. The molecular weight excluding hydrogens is 187 g/mol. The lowest BCUT2D eigenvalue weighted by Gasteiger charge is -2.02. The number of hydrogen-bond donors (Lipinski definition) is 0. The van der Waals surface area contributed by atoms with E-state index in [0.29, 0.717) is 11.8 Å². The van der Waals surface area contributed by atoms with Crippen LogP contribution < -0.4 is 0 Å². The van der Waals surface area contributed by atoms with E-state index in [-0.39, 0.29) is 0 Å². The normalized spacial score (nSPS) is 13.9. The molecule has 2 radical (unpaired) electrons. The minimum absolute atomic E-state index is 0.480. The topological polar surface area (TPSA) is 0 Å². The van der Waals surface area contributed by atoms with Crippen LogP contribution in [0.5, 0.6) is 0 Å². The molecule has 48 valence electrons. The van der Waals surface area contributed by atoms with E-state index >= 15 is 0 Å². The highest BCUT2D eigenvalue weighted by Crippen LogP contribution is 2.06. The molecule has 0 rings (SSSR count). The van der Waals surface area contributed by atoms with Crippen molar-refractivity contribution in [2.75, 3.05) is 11.2 Å². The van der Waals surface area contributed by atoms with E-state index in [1.54, 1.807) is 0 Å². The number of rotatable bonds is 4. The maximum atomic E-state index is 5.40. The number of halogens is 2. The second-order valence-electron chi connectivity index (χ2n) is 1.70. The maximum absolute atomic E-state index is 5.40. The van der Waals surface area contributed by atoms with E-state index in [2.05, 4.69) is 22.9 Å². The van der Waals surface area contributed by atoms with E-state index in [4.69, 9.17) is 11.6 Å². The number of hydrogen-bond acceptors (Lipinski definition) is 0. The molecule has 0 aliphatic heterocycles. The summed E-state index contributed by atoms with van der Waals surface area (Å²) in [5.41, 5.74) is 0. The summed E-state index contributed by atoms with van der Waals surface area (Å²) >= 11 is 8.72. The fraction of sp³-hybridized carbons (Fsp3) is 0.667. The van der Waals surface area contributed by atoms with Gasteiger partial charge in [-0.05, 0) is 25.7 Å². The lowest BCUT2D eigenvalue weighted by Crippen LogP contribution is -1.95. The zero-order valence-corrected chi connectivity index (χ0v) is 7.08. The van der Waals surface area contributed by atoms with E-state index in [0.717, 1.165) is 11.8 Å². The molecule has 0 aromatic carbocycles. The molecule has 0 saturated heterocycles. The zero-order chi connectivity index (χ0) is 6.41. The zero-order valence-electron chi connectivity index (χ0n) is 4.74. The van der Waals surface area contributed by atoms with Gasteiger partial charge in [-0.3, -0.25) is 0 Å². The summed E-state index contributed by atoms with van der Waals surface area (Å²) in [5, 5.41) is 0.959. The highest BCUT2D eigenvalue weighted by Gasteiger charge is 1.96. The second kappa shape index (κ2) is 5.90. The molecule has 0 spiro atoms. The summed E-state index contributed by atoms with van der Waals surface area (Å²) in [5.74, 6) is 1.12. The Morgan fingerprint density at radius 3 is 2.75 bits per heavy atom. The Bertz CT molecular complexity index is 47.8. The maximum Gasteiger partial charge on any atom is 0.0254 e. The van der Waals surface area contributed by atoms with Gasteiger partial charge in [0.25, 0.3) is 0 Å². The van der Waals surface area contributed by atoms with Crippen LogP contribution in [0.15, 0.2) is 0 Å². The Morgan fingerprint density at radius 1 is 1.75 bits per heavy atom. The van der Waals surface area contributed by atoms with Crippen LogP contribution in [0.25, 0.3) is 0 Å². The van der Waals surface area contributed by atoms with Gasteiger partial charge in [0.2, 0.25) is 0 Å². The van der Waals surface area contributed by atoms with Crippen molar-refractivity contribution in [3.63, 3.8) is 0 Å². The van der Waals surface area contributed by atoms with Crippen LogP contribution in [-0.2, 0) is 0 Å². The van der Waals surface area contributed by atoms with E-state index in [1.165, 1.54) is 0 Å². The van der Waals surface area contributed by atoms with Crippen LogP contribution >= 0.6 is 27.5 Å². The van der Waals surface area contributed by atoms with Crippen molar-refractivity contribution < 1.29 is 0 Å². The summed E-state index contributed by atoms with van der Waals surface area (Å²) in [7, 11) is 0. The first kappa shape index (κ1) is 8.77. The third-order valence-electron chi connectivity index (χ3n) is 0.827. The van der Waals surface area contributed by atoms with Gasteiger partial charge in [0.1, 0.15) is 0 Å². The molecule has 0 aromatic heterocycles. The minimum Gasteiger partial charge on any atom is -0.126 e. The predicted octanol–water partition coefficient (Wildman–Crippen LogP) is 2.66. The van der Waals surface area contributed by atoms with Gasteiger partial charge in [-0.2, -0.15) is 0 Å². The molecule has 0 fully saturated rings. The quantitative estimate of drug-likeness (QED) is 0.608.